The molecule has 0 fully saturated rings. The fraction of sp³-hybridized carbons (Fsp3) is 0.733. The minimum atomic E-state index is -0.501. The van der Waals surface area contributed by atoms with Crippen LogP contribution in [0.3, 0.4) is 0 Å². The van der Waals surface area contributed by atoms with Crippen molar-refractivity contribution in [2.24, 2.45) is 16.7 Å². The number of aliphatic hydroxyl groups is 2. The predicted octanol–water partition coefficient (Wildman–Crippen LogP) is 2.00. The zero-order valence-electron chi connectivity index (χ0n) is 11.5. The largest absolute Gasteiger partial charge is 0.500 e. The minimum absolute atomic E-state index is 0.291. The van der Waals surface area contributed by atoms with Crippen molar-refractivity contribution in [1.82, 2.24) is 0 Å². The Kier molecular flexibility index (Phi) is 2.31. The van der Waals surface area contributed by atoms with Crippen molar-refractivity contribution >= 4 is 0 Å². The lowest BCUT2D eigenvalue weighted by molar-refractivity contribution is -0.0299. The Hall–Kier alpha value is -0.800. The molecule has 0 aromatic carbocycles. The van der Waals surface area contributed by atoms with Gasteiger partial charge in [0.25, 0.3) is 0 Å². The van der Waals surface area contributed by atoms with E-state index >= 15 is 0 Å². The molecule has 2 aliphatic carbocycles. The second-order valence-electron chi connectivity index (χ2n) is 6.87. The van der Waals surface area contributed by atoms with Crippen molar-refractivity contribution in [2.45, 2.75) is 46.3 Å². The lowest BCUT2D eigenvalue weighted by atomic mass is 9.71. The molecular weight excluding hydrogens is 228 g/mol. The maximum atomic E-state index is 10.7. The summed E-state index contributed by atoms with van der Waals surface area (Å²) in [6, 6.07) is 0. The van der Waals surface area contributed by atoms with Crippen LogP contribution in [0.25, 0.3) is 0 Å². The van der Waals surface area contributed by atoms with E-state index in [0.29, 0.717) is 12.5 Å². The maximum absolute atomic E-state index is 10.7. The molecule has 3 nitrogen and oxygen atoms in total. The Morgan fingerprint density at radius 2 is 1.94 bits per heavy atom. The molecular formula is C15H22O3. The molecule has 0 unspecified atom stereocenters. The molecule has 18 heavy (non-hydrogen) atoms. The van der Waals surface area contributed by atoms with E-state index in [0.717, 1.165) is 17.6 Å². The van der Waals surface area contributed by atoms with E-state index in [1.807, 2.05) is 20.1 Å². The Balaban J connectivity index is 2.28. The highest BCUT2D eigenvalue weighted by molar-refractivity contribution is 5.54. The molecule has 0 saturated carbocycles. The van der Waals surface area contributed by atoms with Crippen molar-refractivity contribution in [1.29, 1.82) is 0 Å². The number of rotatable bonds is 0. The van der Waals surface area contributed by atoms with Crippen LogP contribution in [-0.2, 0) is 4.74 Å². The fourth-order valence-corrected chi connectivity index (χ4v) is 4.25. The molecule has 0 saturated heterocycles. The first kappa shape index (κ1) is 12.2. The summed E-state index contributed by atoms with van der Waals surface area (Å²) in [5.41, 5.74) is 2.62. The minimum Gasteiger partial charge on any atom is -0.500 e. The summed E-state index contributed by atoms with van der Waals surface area (Å²) in [5, 5.41) is 21.1. The molecule has 0 radical (unpaired) electrons. The van der Waals surface area contributed by atoms with Gasteiger partial charge in [-0.05, 0) is 36.0 Å². The molecule has 1 heterocycles. The van der Waals surface area contributed by atoms with E-state index in [1.165, 1.54) is 5.57 Å². The standard InChI is InChI=1S/C15H22O3/c1-8-5-10(16)12-11-9(8)6-18-7-15(11,4)13(17)14(12,2)3/h6,8,10,13,16-17H,5,7H2,1-4H3/t8-,10+,13-,15-/m1/s1. The van der Waals surface area contributed by atoms with Gasteiger partial charge in [-0.3, -0.25) is 0 Å². The van der Waals surface area contributed by atoms with Crippen LogP contribution in [0.5, 0.6) is 0 Å². The lowest BCUT2D eigenvalue weighted by Crippen LogP contribution is -2.42. The van der Waals surface area contributed by atoms with E-state index in [-0.39, 0.29) is 10.8 Å². The van der Waals surface area contributed by atoms with E-state index in [1.54, 1.807) is 0 Å². The third kappa shape index (κ3) is 1.22. The number of hydrogen-bond acceptors (Lipinski definition) is 3. The molecule has 0 spiro atoms. The molecule has 4 atom stereocenters. The normalized spacial score (nSPS) is 45.4. The topological polar surface area (TPSA) is 49.7 Å². The molecule has 0 aromatic rings. The van der Waals surface area contributed by atoms with Crippen LogP contribution in [0.4, 0.5) is 0 Å². The fourth-order valence-electron chi connectivity index (χ4n) is 4.25. The van der Waals surface area contributed by atoms with Crippen LogP contribution in [0, 0.1) is 16.7 Å². The maximum Gasteiger partial charge on any atom is 0.0992 e. The summed E-state index contributed by atoms with van der Waals surface area (Å²) in [6.07, 6.45) is 1.62. The third-order valence-electron chi connectivity index (χ3n) is 5.14. The van der Waals surface area contributed by atoms with Crippen molar-refractivity contribution in [3.8, 4) is 0 Å². The van der Waals surface area contributed by atoms with Crippen molar-refractivity contribution in [3.63, 3.8) is 0 Å². The van der Waals surface area contributed by atoms with Gasteiger partial charge in [0.15, 0.2) is 0 Å². The Morgan fingerprint density at radius 1 is 1.28 bits per heavy atom. The van der Waals surface area contributed by atoms with Crippen molar-refractivity contribution < 1.29 is 14.9 Å². The van der Waals surface area contributed by atoms with Gasteiger partial charge < -0.3 is 14.9 Å². The van der Waals surface area contributed by atoms with Crippen molar-refractivity contribution in [3.05, 3.63) is 23.0 Å². The average molecular weight is 250 g/mol. The smallest absolute Gasteiger partial charge is 0.0992 e. The zero-order valence-corrected chi connectivity index (χ0v) is 11.5. The summed E-state index contributed by atoms with van der Waals surface area (Å²) < 4.78 is 5.60. The molecule has 1 aliphatic heterocycles. The number of hydrogen-bond donors (Lipinski definition) is 2. The molecule has 0 bridgehead atoms. The quantitative estimate of drug-likeness (QED) is 0.691. The highest BCUT2D eigenvalue weighted by Crippen LogP contribution is 2.61. The average Bonchev–Trinajstić information content (AvgIpc) is 2.44. The number of ether oxygens (including phenoxy) is 1. The zero-order chi connectivity index (χ0) is 13.3. The molecule has 2 N–H and O–H groups in total. The first-order valence-electron chi connectivity index (χ1n) is 6.73. The summed E-state index contributed by atoms with van der Waals surface area (Å²) in [4.78, 5) is 0. The highest BCUT2D eigenvalue weighted by atomic mass is 16.5. The van der Waals surface area contributed by atoms with Crippen LogP contribution in [0.2, 0.25) is 0 Å². The van der Waals surface area contributed by atoms with E-state index in [4.69, 9.17) is 4.74 Å². The van der Waals surface area contributed by atoms with Gasteiger partial charge in [-0.2, -0.15) is 0 Å². The SMILES string of the molecule is C[C@@H]1C[C@H](O)C2=C3C1=COC[C@@]3(C)[C@H](O)C2(C)C. The highest BCUT2D eigenvalue weighted by Gasteiger charge is 2.60. The third-order valence-corrected chi connectivity index (χ3v) is 5.14. The molecule has 3 aliphatic rings. The van der Waals surface area contributed by atoms with E-state index in [9.17, 15) is 10.2 Å². The summed E-state index contributed by atoms with van der Waals surface area (Å²) in [7, 11) is 0. The molecule has 100 valence electrons. The molecule has 3 rings (SSSR count). The first-order chi connectivity index (χ1) is 8.30. The molecule has 0 aromatic heterocycles. The van der Waals surface area contributed by atoms with Crippen LogP contribution in [0.15, 0.2) is 23.0 Å². The van der Waals surface area contributed by atoms with Gasteiger partial charge >= 0.3 is 0 Å². The van der Waals surface area contributed by atoms with Gasteiger partial charge in [-0.1, -0.05) is 20.8 Å². The molecule has 0 amide bonds. The molecule has 3 heteroatoms. The van der Waals surface area contributed by atoms with Gasteiger partial charge in [-0.25, -0.2) is 0 Å². The lowest BCUT2D eigenvalue weighted by Gasteiger charge is -2.39. The summed E-state index contributed by atoms with van der Waals surface area (Å²) >= 11 is 0. The summed E-state index contributed by atoms with van der Waals surface area (Å²) in [6.45, 7) is 8.73. The predicted molar refractivity (Wildman–Crippen MR) is 68.7 cm³/mol. The van der Waals surface area contributed by atoms with Crippen LogP contribution in [-0.4, -0.2) is 29.0 Å². The second-order valence-corrected chi connectivity index (χ2v) is 6.87. The first-order valence-corrected chi connectivity index (χ1v) is 6.73. The Morgan fingerprint density at radius 3 is 2.61 bits per heavy atom. The Bertz CT molecular complexity index is 460. The van der Waals surface area contributed by atoms with Crippen LogP contribution in [0.1, 0.15) is 34.1 Å². The van der Waals surface area contributed by atoms with Gasteiger partial charge in [0.1, 0.15) is 0 Å². The van der Waals surface area contributed by atoms with Crippen molar-refractivity contribution in [2.75, 3.05) is 6.61 Å². The van der Waals surface area contributed by atoms with Gasteiger partial charge in [0, 0.05) is 5.41 Å². The number of aliphatic hydroxyl groups excluding tert-OH is 2. The van der Waals surface area contributed by atoms with Gasteiger partial charge in [0.2, 0.25) is 0 Å². The number of allylic oxidation sites excluding steroid dienone is 1. The van der Waals surface area contributed by atoms with Crippen LogP contribution < -0.4 is 0 Å². The van der Waals surface area contributed by atoms with Crippen LogP contribution >= 0.6 is 0 Å². The monoisotopic (exact) mass is 250 g/mol. The van der Waals surface area contributed by atoms with E-state index in [2.05, 4.69) is 13.8 Å². The van der Waals surface area contributed by atoms with Gasteiger partial charge in [-0.15, -0.1) is 0 Å². The van der Waals surface area contributed by atoms with E-state index < -0.39 is 12.2 Å². The van der Waals surface area contributed by atoms with Gasteiger partial charge in [0.05, 0.1) is 30.5 Å². The Labute approximate surface area is 108 Å². The summed E-state index contributed by atoms with van der Waals surface area (Å²) in [5.74, 6) is 0.291. The second kappa shape index (κ2) is 3.40.